The van der Waals surface area contributed by atoms with Crippen molar-refractivity contribution >= 4 is 0 Å². The van der Waals surface area contributed by atoms with Gasteiger partial charge in [0.05, 0.1) is 12.3 Å². The van der Waals surface area contributed by atoms with Crippen molar-refractivity contribution in [2.24, 2.45) is 0 Å². The smallest absolute Gasteiger partial charge is 0.251 e. The summed E-state index contributed by atoms with van der Waals surface area (Å²) in [6.07, 6.45) is 2.33. The lowest BCUT2D eigenvalue weighted by molar-refractivity contribution is -0.0327. The predicted octanol–water partition coefficient (Wildman–Crippen LogP) is 0.415. The van der Waals surface area contributed by atoms with Gasteiger partial charge in [-0.25, -0.2) is 4.98 Å². The number of likely N-dealkylation sites (N-methyl/N-ethyl adjacent to an activating group) is 1. The number of hydrogen-bond donors (Lipinski definition) is 2. The number of aromatic amines is 1. The van der Waals surface area contributed by atoms with E-state index in [1.54, 1.807) is 6.07 Å². The van der Waals surface area contributed by atoms with Gasteiger partial charge in [0.2, 0.25) is 0 Å². The van der Waals surface area contributed by atoms with E-state index in [0.29, 0.717) is 25.0 Å². The van der Waals surface area contributed by atoms with Gasteiger partial charge in [-0.3, -0.25) is 9.69 Å². The minimum Gasteiger partial charge on any atom is -0.368 e. The molecule has 1 saturated heterocycles. The molecule has 2 aliphatic rings. The number of rotatable bonds is 5. The molecule has 0 bridgehead atoms. The van der Waals surface area contributed by atoms with Crippen molar-refractivity contribution < 1.29 is 4.74 Å². The van der Waals surface area contributed by atoms with E-state index in [9.17, 15) is 4.79 Å². The molecule has 0 aromatic carbocycles. The van der Waals surface area contributed by atoms with Gasteiger partial charge in [-0.1, -0.05) is 6.92 Å². The molecule has 1 aliphatic heterocycles. The second-order valence-electron chi connectivity index (χ2n) is 5.53. The first-order valence-electron chi connectivity index (χ1n) is 7.42. The van der Waals surface area contributed by atoms with Crippen LogP contribution in [0, 0.1) is 0 Å². The minimum absolute atomic E-state index is 0.0974. The Hall–Kier alpha value is -1.24. The topological polar surface area (TPSA) is 70.2 Å². The molecule has 20 heavy (non-hydrogen) atoms. The summed E-state index contributed by atoms with van der Waals surface area (Å²) in [5.74, 6) is 0.656. The van der Waals surface area contributed by atoms with Crippen molar-refractivity contribution in [1.82, 2.24) is 20.2 Å². The molecule has 1 atom stereocenters. The van der Waals surface area contributed by atoms with Crippen molar-refractivity contribution in [3.8, 4) is 0 Å². The van der Waals surface area contributed by atoms with E-state index in [0.717, 1.165) is 25.3 Å². The molecule has 1 unspecified atom stereocenters. The van der Waals surface area contributed by atoms with Gasteiger partial charge in [0, 0.05) is 31.7 Å². The largest absolute Gasteiger partial charge is 0.368 e. The molecule has 1 aliphatic carbocycles. The fourth-order valence-electron chi connectivity index (χ4n) is 2.46. The third kappa shape index (κ3) is 3.45. The molecule has 1 saturated carbocycles. The van der Waals surface area contributed by atoms with E-state index in [4.69, 9.17) is 4.74 Å². The monoisotopic (exact) mass is 278 g/mol. The highest BCUT2D eigenvalue weighted by molar-refractivity contribution is 5.06. The first-order valence-corrected chi connectivity index (χ1v) is 7.42. The van der Waals surface area contributed by atoms with Crippen molar-refractivity contribution in [2.75, 3.05) is 26.2 Å². The van der Waals surface area contributed by atoms with Crippen LogP contribution in [0.4, 0.5) is 0 Å². The fourth-order valence-corrected chi connectivity index (χ4v) is 2.46. The maximum absolute atomic E-state index is 11.8. The van der Waals surface area contributed by atoms with Crippen molar-refractivity contribution in [2.45, 2.75) is 38.5 Å². The van der Waals surface area contributed by atoms with E-state index in [1.807, 2.05) is 0 Å². The van der Waals surface area contributed by atoms with Crippen LogP contribution in [0.5, 0.6) is 0 Å². The van der Waals surface area contributed by atoms with Crippen LogP contribution in [0.3, 0.4) is 0 Å². The zero-order chi connectivity index (χ0) is 13.9. The molecular weight excluding hydrogens is 256 g/mol. The summed E-state index contributed by atoms with van der Waals surface area (Å²) in [5.41, 5.74) is 0.702. The maximum atomic E-state index is 11.8. The Morgan fingerprint density at radius 1 is 1.55 bits per heavy atom. The summed E-state index contributed by atoms with van der Waals surface area (Å²) >= 11 is 0. The molecule has 0 spiro atoms. The van der Waals surface area contributed by atoms with Gasteiger partial charge in [0.15, 0.2) is 0 Å². The van der Waals surface area contributed by atoms with Crippen LogP contribution in [0.2, 0.25) is 0 Å². The average Bonchev–Trinajstić information content (AvgIpc) is 3.29. The zero-order valence-electron chi connectivity index (χ0n) is 11.9. The molecule has 1 aromatic heterocycles. The van der Waals surface area contributed by atoms with Gasteiger partial charge in [0.1, 0.15) is 11.9 Å². The van der Waals surface area contributed by atoms with E-state index < -0.39 is 0 Å². The minimum atomic E-state index is -0.128. The molecule has 0 amide bonds. The van der Waals surface area contributed by atoms with Crippen LogP contribution in [-0.4, -0.2) is 47.2 Å². The lowest BCUT2D eigenvalue weighted by Gasteiger charge is -2.31. The second-order valence-corrected chi connectivity index (χ2v) is 5.53. The van der Waals surface area contributed by atoms with Crippen LogP contribution in [0.15, 0.2) is 10.9 Å². The molecule has 6 heteroatoms. The SMILES string of the molecule is CCN1CCOC(c2nc(CNC3CC3)cc(=O)[nH]2)C1. The fraction of sp³-hybridized carbons (Fsp3) is 0.714. The second kappa shape index (κ2) is 6.03. The quantitative estimate of drug-likeness (QED) is 0.816. The number of ether oxygens (including phenoxy) is 1. The van der Waals surface area contributed by atoms with Crippen molar-refractivity contribution in [1.29, 1.82) is 0 Å². The van der Waals surface area contributed by atoms with Crippen LogP contribution in [-0.2, 0) is 11.3 Å². The van der Waals surface area contributed by atoms with Crippen LogP contribution < -0.4 is 10.9 Å². The lowest BCUT2D eigenvalue weighted by Crippen LogP contribution is -2.39. The van der Waals surface area contributed by atoms with Crippen molar-refractivity contribution in [3.63, 3.8) is 0 Å². The Labute approximate surface area is 118 Å². The summed E-state index contributed by atoms with van der Waals surface area (Å²) in [5, 5.41) is 3.38. The Kier molecular flexibility index (Phi) is 4.14. The number of aromatic nitrogens is 2. The number of nitrogens with one attached hydrogen (secondary N) is 2. The maximum Gasteiger partial charge on any atom is 0.251 e. The molecule has 2 N–H and O–H groups in total. The highest BCUT2D eigenvalue weighted by atomic mass is 16.5. The lowest BCUT2D eigenvalue weighted by atomic mass is 10.2. The summed E-state index contributed by atoms with van der Waals surface area (Å²) in [7, 11) is 0. The van der Waals surface area contributed by atoms with Gasteiger partial charge in [-0.05, 0) is 19.4 Å². The highest BCUT2D eigenvalue weighted by Gasteiger charge is 2.24. The molecule has 1 aromatic rings. The molecule has 0 radical (unpaired) electrons. The van der Waals surface area contributed by atoms with Gasteiger partial charge in [0.25, 0.3) is 5.56 Å². The summed E-state index contributed by atoms with van der Waals surface area (Å²) in [6.45, 7) is 6.21. The van der Waals surface area contributed by atoms with Crippen molar-refractivity contribution in [3.05, 3.63) is 27.9 Å². The Morgan fingerprint density at radius 2 is 2.40 bits per heavy atom. The standard InChI is InChI=1S/C14H22N4O2/c1-2-18-5-6-20-12(9-18)14-16-11(7-13(19)17-14)8-15-10-3-4-10/h7,10,12,15H,2-6,8-9H2,1H3,(H,16,17,19). The average molecular weight is 278 g/mol. The van der Waals surface area contributed by atoms with E-state index >= 15 is 0 Å². The first kappa shape index (κ1) is 13.7. The highest BCUT2D eigenvalue weighted by Crippen LogP contribution is 2.20. The van der Waals surface area contributed by atoms with Crippen LogP contribution in [0.1, 0.15) is 37.4 Å². The van der Waals surface area contributed by atoms with Gasteiger partial charge < -0.3 is 15.0 Å². The zero-order valence-corrected chi connectivity index (χ0v) is 11.9. The van der Waals surface area contributed by atoms with Gasteiger partial charge in [-0.2, -0.15) is 0 Å². The molecule has 110 valence electrons. The van der Waals surface area contributed by atoms with Gasteiger partial charge >= 0.3 is 0 Å². The molecule has 2 heterocycles. The Bertz CT molecular complexity index is 512. The van der Waals surface area contributed by atoms with E-state index in [1.165, 1.54) is 12.8 Å². The van der Waals surface area contributed by atoms with E-state index in [-0.39, 0.29) is 11.7 Å². The summed E-state index contributed by atoms with van der Waals surface area (Å²) in [4.78, 5) is 21.5. The number of nitrogens with zero attached hydrogens (tertiary/aromatic N) is 2. The summed E-state index contributed by atoms with van der Waals surface area (Å²) < 4.78 is 5.75. The Balaban J connectivity index is 1.72. The third-order valence-electron chi connectivity index (χ3n) is 3.87. The molecule has 6 nitrogen and oxygen atoms in total. The normalized spacial score (nSPS) is 23.9. The number of hydrogen-bond acceptors (Lipinski definition) is 5. The predicted molar refractivity (Wildman–Crippen MR) is 75.5 cm³/mol. The Morgan fingerprint density at radius 3 is 3.15 bits per heavy atom. The van der Waals surface area contributed by atoms with E-state index in [2.05, 4.69) is 27.1 Å². The first-order chi connectivity index (χ1) is 9.74. The molecule has 2 fully saturated rings. The van der Waals surface area contributed by atoms with Gasteiger partial charge in [-0.15, -0.1) is 0 Å². The van der Waals surface area contributed by atoms with Crippen LogP contribution >= 0.6 is 0 Å². The molecular formula is C14H22N4O2. The number of morpholine rings is 1. The number of H-pyrrole nitrogens is 1. The third-order valence-corrected chi connectivity index (χ3v) is 3.87. The summed E-state index contributed by atoms with van der Waals surface area (Å²) in [6, 6.07) is 2.18. The van der Waals surface area contributed by atoms with Crippen LogP contribution in [0.25, 0.3) is 0 Å². The molecule has 3 rings (SSSR count).